The summed E-state index contributed by atoms with van der Waals surface area (Å²) in [5.41, 5.74) is 3.49. The van der Waals surface area contributed by atoms with E-state index >= 15 is 0 Å². The molecular formula is C18H19Cl2N7O. The number of nitrogens with zero attached hydrogens (tertiary/aromatic N) is 5. The van der Waals surface area contributed by atoms with Crippen LogP contribution in [0.3, 0.4) is 0 Å². The maximum Gasteiger partial charge on any atom is 0.179 e. The number of nitrogens with one attached hydrogen (secondary N) is 2. The van der Waals surface area contributed by atoms with Crippen molar-refractivity contribution in [2.75, 3.05) is 18.5 Å². The van der Waals surface area contributed by atoms with Gasteiger partial charge in [0.25, 0.3) is 0 Å². The van der Waals surface area contributed by atoms with Gasteiger partial charge in [-0.15, -0.1) is 5.10 Å². The molecular weight excluding hydrogens is 401 g/mol. The largest absolute Gasteiger partial charge is 0.394 e. The molecule has 28 heavy (non-hydrogen) atoms. The normalized spacial score (nSPS) is 11.4. The van der Waals surface area contributed by atoms with Gasteiger partial charge in [-0.25, -0.2) is 4.68 Å². The van der Waals surface area contributed by atoms with E-state index in [-0.39, 0.29) is 6.61 Å². The highest BCUT2D eigenvalue weighted by atomic mass is 35.5. The molecule has 4 rings (SSSR count). The molecule has 0 saturated carbocycles. The average molecular weight is 420 g/mol. The van der Waals surface area contributed by atoms with Gasteiger partial charge < -0.3 is 10.4 Å². The van der Waals surface area contributed by atoms with E-state index in [1.807, 2.05) is 23.0 Å². The zero-order valence-corrected chi connectivity index (χ0v) is 16.7. The summed E-state index contributed by atoms with van der Waals surface area (Å²) in [5, 5.41) is 29.6. The minimum absolute atomic E-state index is 0.0207. The maximum absolute atomic E-state index is 9.15. The molecule has 1 aromatic carbocycles. The molecule has 0 atom stereocenters. The first-order valence-corrected chi connectivity index (χ1v) is 9.67. The lowest BCUT2D eigenvalue weighted by Crippen LogP contribution is -2.02. The van der Waals surface area contributed by atoms with Crippen LogP contribution in [0.15, 0.2) is 30.9 Å². The fourth-order valence-electron chi connectivity index (χ4n) is 3.18. The number of hydrogen-bond acceptors (Lipinski definition) is 5. The molecule has 146 valence electrons. The fourth-order valence-corrected chi connectivity index (χ4v) is 3.62. The van der Waals surface area contributed by atoms with E-state index in [1.54, 1.807) is 17.1 Å². The van der Waals surface area contributed by atoms with Crippen LogP contribution in [-0.4, -0.2) is 48.0 Å². The second kappa shape index (κ2) is 7.83. The van der Waals surface area contributed by atoms with Gasteiger partial charge in [-0.05, 0) is 12.5 Å². The first-order valence-electron chi connectivity index (χ1n) is 8.91. The number of hydrogen-bond donors (Lipinski definition) is 3. The van der Waals surface area contributed by atoms with Crippen LogP contribution in [0.1, 0.15) is 13.3 Å². The van der Waals surface area contributed by atoms with Crippen LogP contribution in [0.5, 0.6) is 0 Å². The number of fused-ring (bicyclic) bond motifs is 1. The Kier molecular flexibility index (Phi) is 5.25. The number of halogens is 2. The monoisotopic (exact) mass is 419 g/mol. The lowest BCUT2D eigenvalue weighted by atomic mass is 10.1. The highest BCUT2D eigenvalue weighted by Gasteiger charge is 2.21. The van der Waals surface area contributed by atoms with Crippen LogP contribution in [-0.2, 0) is 6.54 Å². The molecule has 8 nitrogen and oxygen atoms in total. The molecule has 0 spiro atoms. The second-order valence-corrected chi connectivity index (χ2v) is 7.12. The van der Waals surface area contributed by atoms with Gasteiger partial charge in [0.05, 0.1) is 41.1 Å². The van der Waals surface area contributed by atoms with Gasteiger partial charge in [-0.1, -0.05) is 35.3 Å². The van der Waals surface area contributed by atoms with Crippen LogP contribution in [0, 0.1) is 0 Å². The van der Waals surface area contributed by atoms with Gasteiger partial charge in [-0.3, -0.25) is 9.67 Å². The lowest BCUT2D eigenvalue weighted by molar-refractivity contribution is 0.268. The van der Waals surface area contributed by atoms with Gasteiger partial charge in [0.1, 0.15) is 0 Å². The van der Waals surface area contributed by atoms with E-state index in [9.17, 15) is 0 Å². The average Bonchev–Trinajstić information content (AvgIpc) is 3.42. The van der Waals surface area contributed by atoms with Gasteiger partial charge in [-0.2, -0.15) is 5.10 Å². The van der Waals surface area contributed by atoms with Crippen molar-refractivity contribution >= 4 is 39.8 Å². The molecule has 0 aliphatic heterocycles. The Morgan fingerprint density at radius 3 is 2.86 bits per heavy atom. The summed E-state index contributed by atoms with van der Waals surface area (Å²) in [4.78, 5) is 0. The number of aliphatic hydroxyl groups is 1. The standard InChI is InChI=1S/C18H19Cl2N7O/c1-2-3-21-14-6-13(19)17(20)18-16(14)12(11-7-22-23-8-11)9-27(18)15-10-26(4-5-28)25-24-15/h6-10,21,28H,2-5H2,1H3,(H,22,23). The van der Waals surface area contributed by atoms with Gasteiger partial charge in [0.15, 0.2) is 5.82 Å². The summed E-state index contributed by atoms with van der Waals surface area (Å²) < 4.78 is 3.44. The highest BCUT2D eigenvalue weighted by molar-refractivity contribution is 6.46. The molecule has 3 aromatic heterocycles. The molecule has 0 aliphatic carbocycles. The van der Waals surface area contributed by atoms with Crippen molar-refractivity contribution < 1.29 is 5.11 Å². The Morgan fingerprint density at radius 2 is 2.14 bits per heavy atom. The third kappa shape index (κ3) is 3.23. The number of benzene rings is 1. The fraction of sp³-hybridized carbons (Fsp3) is 0.278. The van der Waals surface area contributed by atoms with Gasteiger partial charge in [0.2, 0.25) is 0 Å². The summed E-state index contributed by atoms with van der Waals surface area (Å²) in [6.45, 7) is 3.24. The summed E-state index contributed by atoms with van der Waals surface area (Å²) in [6, 6.07) is 1.85. The first kappa shape index (κ1) is 18.8. The summed E-state index contributed by atoms with van der Waals surface area (Å²) >= 11 is 13.1. The Balaban J connectivity index is 2.00. The Hall–Kier alpha value is -2.55. The van der Waals surface area contributed by atoms with Crippen molar-refractivity contribution in [1.82, 2.24) is 29.8 Å². The van der Waals surface area contributed by atoms with Crippen LogP contribution in [0.25, 0.3) is 27.8 Å². The smallest absolute Gasteiger partial charge is 0.179 e. The molecule has 3 N–H and O–H groups in total. The van der Waals surface area contributed by atoms with Crippen molar-refractivity contribution in [3.63, 3.8) is 0 Å². The SMILES string of the molecule is CCCNc1cc(Cl)c(Cl)c2c1c(-c1cn[nH]c1)cn2-c1cn(CCO)nn1. The second-order valence-electron chi connectivity index (χ2n) is 6.33. The zero-order chi connectivity index (χ0) is 19.7. The van der Waals surface area contributed by atoms with Crippen molar-refractivity contribution in [3.8, 4) is 16.9 Å². The van der Waals surface area contributed by atoms with Crippen LogP contribution in [0.2, 0.25) is 10.0 Å². The Labute approximate surface area is 171 Å². The lowest BCUT2D eigenvalue weighted by Gasteiger charge is -2.11. The summed E-state index contributed by atoms with van der Waals surface area (Å²) in [6.07, 6.45) is 8.26. The van der Waals surface area contributed by atoms with E-state index in [1.165, 1.54) is 0 Å². The topological polar surface area (TPSA) is 96.6 Å². The number of aromatic amines is 1. The number of aromatic nitrogens is 6. The van der Waals surface area contributed by atoms with Crippen LogP contribution >= 0.6 is 23.2 Å². The van der Waals surface area contributed by atoms with E-state index in [0.29, 0.717) is 22.4 Å². The molecule has 0 saturated heterocycles. The van der Waals surface area contributed by atoms with E-state index in [0.717, 1.165) is 40.7 Å². The predicted molar refractivity (Wildman–Crippen MR) is 110 cm³/mol. The van der Waals surface area contributed by atoms with E-state index in [2.05, 4.69) is 32.7 Å². The summed E-state index contributed by atoms with van der Waals surface area (Å²) in [5.74, 6) is 0.582. The van der Waals surface area contributed by atoms with Crippen molar-refractivity contribution in [2.24, 2.45) is 0 Å². The third-order valence-corrected chi connectivity index (χ3v) is 5.22. The molecule has 0 aliphatic rings. The minimum atomic E-state index is -0.0207. The molecule has 3 heterocycles. The van der Waals surface area contributed by atoms with Crippen LogP contribution < -0.4 is 5.32 Å². The van der Waals surface area contributed by atoms with Crippen molar-refractivity contribution in [3.05, 3.63) is 40.9 Å². The zero-order valence-electron chi connectivity index (χ0n) is 15.2. The number of H-pyrrole nitrogens is 1. The molecule has 4 aromatic rings. The van der Waals surface area contributed by atoms with Crippen LogP contribution in [0.4, 0.5) is 5.69 Å². The maximum atomic E-state index is 9.15. The molecule has 0 fully saturated rings. The third-order valence-electron chi connectivity index (χ3n) is 4.44. The minimum Gasteiger partial charge on any atom is -0.394 e. The Bertz CT molecular complexity index is 1100. The highest BCUT2D eigenvalue weighted by Crippen LogP contribution is 2.43. The first-order chi connectivity index (χ1) is 13.6. The van der Waals surface area contributed by atoms with Gasteiger partial charge in [0, 0.05) is 41.1 Å². The Morgan fingerprint density at radius 1 is 1.29 bits per heavy atom. The summed E-state index contributed by atoms with van der Waals surface area (Å²) in [7, 11) is 0. The molecule has 10 heteroatoms. The number of rotatable bonds is 7. The predicted octanol–water partition coefficient (Wildman–Crippen LogP) is 3.73. The van der Waals surface area contributed by atoms with E-state index < -0.39 is 0 Å². The van der Waals surface area contributed by atoms with Crippen molar-refractivity contribution in [2.45, 2.75) is 19.9 Å². The number of anilines is 1. The van der Waals surface area contributed by atoms with Crippen molar-refractivity contribution in [1.29, 1.82) is 0 Å². The van der Waals surface area contributed by atoms with Gasteiger partial charge >= 0.3 is 0 Å². The quantitative estimate of drug-likeness (QED) is 0.423. The molecule has 0 radical (unpaired) electrons. The molecule has 0 bridgehead atoms. The number of aliphatic hydroxyl groups excluding tert-OH is 1. The molecule has 0 amide bonds. The van der Waals surface area contributed by atoms with E-state index in [4.69, 9.17) is 28.3 Å². The molecule has 0 unspecified atom stereocenters.